The van der Waals surface area contributed by atoms with Gasteiger partial charge >= 0.3 is 0 Å². The Morgan fingerprint density at radius 3 is 2.07 bits per heavy atom. The molecule has 1 unspecified atom stereocenters. The van der Waals surface area contributed by atoms with Crippen LogP contribution in [0.25, 0.3) is 0 Å². The molecule has 0 saturated heterocycles. The lowest BCUT2D eigenvalue weighted by molar-refractivity contribution is -0.379. The van der Waals surface area contributed by atoms with E-state index in [0.29, 0.717) is 16.9 Å². The van der Waals surface area contributed by atoms with E-state index in [1.165, 1.54) is 21.0 Å². The summed E-state index contributed by atoms with van der Waals surface area (Å²) in [5.41, 5.74) is 4.51. The summed E-state index contributed by atoms with van der Waals surface area (Å²) in [6.45, 7) is 2.42. The molecule has 0 saturated carbocycles. The molecule has 224 valence electrons. The second kappa shape index (κ2) is 11.2. The Morgan fingerprint density at radius 1 is 0.976 bits per heavy atom. The molecule has 17 heteroatoms. The van der Waals surface area contributed by atoms with Crippen LogP contribution in [0.15, 0.2) is 24.3 Å². The molecule has 16 nitrogen and oxygen atoms in total. The van der Waals surface area contributed by atoms with E-state index in [1.54, 1.807) is 0 Å². The van der Waals surface area contributed by atoms with E-state index < -0.39 is 69.6 Å². The minimum atomic E-state index is -3.44. The number of nitrogens with two attached hydrogens (primary N) is 1. The molecular formula is C24H30N4O12S. The van der Waals surface area contributed by atoms with Crippen LogP contribution >= 0.6 is 11.3 Å². The van der Waals surface area contributed by atoms with Crippen molar-refractivity contribution in [3.05, 3.63) is 52.2 Å². The van der Waals surface area contributed by atoms with E-state index in [2.05, 4.69) is 15.6 Å². The molecule has 0 aliphatic rings. The number of thiazole rings is 1. The second-order valence-electron chi connectivity index (χ2n) is 9.07. The highest BCUT2D eigenvalue weighted by Gasteiger charge is 2.49. The van der Waals surface area contributed by atoms with Gasteiger partial charge in [0.05, 0.1) is 6.10 Å². The fourth-order valence-corrected chi connectivity index (χ4v) is 4.52. The summed E-state index contributed by atoms with van der Waals surface area (Å²) in [4.78, 5) is 15.9. The number of methoxy groups -OCH3 is 1. The average Bonchev–Trinajstić information content (AvgIpc) is 3.26. The van der Waals surface area contributed by atoms with Crippen molar-refractivity contribution >= 4 is 28.1 Å². The molecule has 1 atom stereocenters. The number of phenols is 3. The van der Waals surface area contributed by atoms with E-state index in [9.17, 15) is 55.9 Å². The van der Waals surface area contributed by atoms with Crippen LogP contribution in [0.1, 0.15) is 34.1 Å². The van der Waals surface area contributed by atoms with Crippen molar-refractivity contribution in [2.45, 2.75) is 37.4 Å². The Kier molecular flexibility index (Phi) is 8.70. The Hall–Kier alpha value is -3.78. The average molecular weight is 599 g/mol. The highest BCUT2D eigenvalue weighted by atomic mass is 32.1. The summed E-state index contributed by atoms with van der Waals surface area (Å²) in [7, 11) is 1.21. The number of benzene rings is 2. The first-order chi connectivity index (χ1) is 18.9. The Morgan fingerprint density at radius 2 is 1.56 bits per heavy atom. The third-order valence-electron chi connectivity index (χ3n) is 6.47. The number of carbonyl (C=O) groups is 1. The zero-order valence-corrected chi connectivity index (χ0v) is 22.6. The van der Waals surface area contributed by atoms with E-state index in [1.807, 2.05) is 0 Å². The molecule has 0 fully saturated rings. The maximum absolute atomic E-state index is 12.4. The molecule has 1 aromatic heterocycles. The summed E-state index contributed by atoms with van der Waals surface area (Å²) in [6.07, 6.45) is -1.18. The third-order valence-corrected chi connectivity index (χ3v) is 7.16. The van der Waals surface area contributed by atoms with Crippen molar-refractivity contribution in [1.29, 1.82) is 0 Å². The van der Waals surface area contributed by atoms with Crippen LogP contribution in [0.3, 0.4) is 0 Å². The first kappa shape index (κ1) is 31.7. The second-order valence-corrected chi connectivity index (χ2v) is 10.1. The molecule has 3 aromatic rings. The molecule has 14 N–H and O–H groups in total. The minimum absolute atomic E-state index is 0.0114. The summed E-state index contributed by atoms with van der Waals surface area (Å²) in [5.74, 6) is -13.6. The highest BCUT2D eigenvalue weighted by Crippen LogP contribution is 2.45. The molecule has 0 spiro atoms. The SMILES string of the molecule is COC(CNC(O)(O)C(O)(O)c1ccc(NC(=O)C(O)(O)c2nc(N)sc2O)cc1)c1c(C)c(C)c(O)c(O)c1O. The zero-order valence-electron chi connectivity index (χ0n) is 21.8. The molecule has 0 bridgehead atoms. The molecule has 0 radical (unpaired) electrons. The van der Waals surface area contributed by atoms with E-state index in [0.717, 1.165) is 24.3 Å². The topological polar surface area (TPSA) is 292 Å². The van der Waals surface area contributed by atoms with Crippen LogP contribution < -0.4 is 16.4 Å². The third kappa shape index (κ3) is 5.84. The molecule has 0 aliphatic heterocycles. The first-order valence-electron chi connectivity index (χ1n) is 11.6. The summed E-state index contributed by atoms with van der Waals surface area (Å²) < 4.78 is 5.27. The van der Waals surface area contributed by atoms with Crippen LogP contribution in [-0.4, -0.2) is 81.5 Å². The number of phenolic OH excluding ortho intramolecular Hbond substituents is 3. The van der Waals surface area contributed by atoms with Gasteiger partial charge in [-0.15, -0.1) is 0 Å². The number of rotatable bonds is 10. The monoisotopic (exact) mass is 598 g/mol. The Balaban J connectivity index is 1.77. The molecule has 2 aromatic carbocycles. The van der Waals surface area contributed by atoms with Gasteiger partial charge in [-0.25, -0.2) is 4.98 Å². The number of amides is 1. The standard InChI is InChI=1S/C24H30N4O12S/c1-9-10(2)15(29)17(31)16(30)14(9)13(40-3)8-26-24(38,39)23(36,37)11-4-6-12(7-5-11)27-20(33)22(34,35)18-19(32)41-21(25)28-18/h4-7,13,26,29-32,34-39H,8H2,1-3H3,(H2,25,28)(H,27,33). The number of ether oxygens (including phenoxy) is 1. The summed E-state index contributed by atoms with van der Waals surface area (Å²) >= 11 is 0.507. The quantitative estimate of drug-likeness (QED) is 0.0952. The van der Waals surface area contributed by atoms with Gasteiger partial charge in [-0.2, -0.15) is 0 Å². The molecule has 1 heterocycles. The summed E-state index contributed by atoms with van der Waals surface area (Å²) in [5, 5.41) is 106. The number of nitrogens with one attached hydrogen (secondary N) is 2. The number of hydrogen-bond acceptors (Lipinski definition) is 16. The summed E-state index contributed by atoms with van der Waals surface area (Å²) in [6, 6.07) is 4.07. The smallest absolute Gasteiger partial charge is 0.294 e. The van der Waals surface area contributed by atoms with Crippen LogP contribution in [0.5, 0.6) is 22.3 Å². The number of aromatic hydroxyl groups is 4. The van der Waals surface area contributed by atoms with Gasteiger partial charge in [0, 0.05) is 30.5 Å². The lowest BCUT2D eigenvalue weighted by Gasteiger charge is -2.36. The van der Waals surface area contributed by atoms with Gasteiger partial charge in [0.2, 0.25) is 10.8 Å². The normalized spacial score (nSPS) is 13.3. The first-order valence-corrected chi connectivity index (χ1v) is 12.4. The van der Waals surface area contributed by atoms with Gasteiger partial charge in [-0.1, -0.05) is 23.5 Å². The molecule has 3 rings (SSSR count). The number of nitrogen functional groups attached to an aromatic ring is 1. The maximum atomic E-state index is 12.4. The molecule has 41 heavy (non-hydrogen) atoms. The van der Waals surface area contributed by atoms with Crippen molar-refractivity contribution in [2.75, 3.05) is 24.7 Å². The van der Waals surface area contributed by atoms with Gasteiger partial charge in [0.25, 0.3) is 23.4 Å². The van der Waals surface area contributed by atoms with Crippen LogP contribution in [-0.2, 0) is 21.1 Å². The van der Waals surface area contributed by atoms with Gasteiger partial charge in [0.15, 0.2) is 22.3 Å². The fourth-order valence-electron chi connectivity index (χ4n) is 3.90. The van der Waals surface area contributed by atoms with Crippen LogP contribution in [0.4, 0.5) is 10.8 Å². The van der Waals surface area contributed by atoms with Gasteiger partial charge in [-0.05, 0) is 37.1 Å². The number of nitrogens with zero attached hydrogens (tertiary/aromatic N) is 1. The Labute approximate surface area is 235 Å². The van der Waals surface area contributed by atoms with Crippen molar-refractivity contribution < 1.29 is 60.6 Å². The van der Waals surface area contributed by atoms with Gasteiger partial charge in [0.1, 0.15) is 0 Å². The lowest BCUT2D eigenvalue weighted by atomic mass is 9.95. The number of carbonyl (C=O) groups excluding carboxylic acids is 1. The number of aromatic nitrogens is 1. The van der Waals surface area contributed by atoms with Crippen molar-refractivity contribution in [3.8, 4) is 22.3 Å². The van der Waals surface area contributed by atoms with E-state index in [4.69, 9.17) is 10.5 Å². The van der Waals surface area contributed by atoms with E-state index in [-0.39, 0.29) is 21.9 Å². The van der Waals surface area contributed by atoms with Crippen LogP contribution in [0.2, 0.25) is 0 Å². The fraction of sp³-hybridized carbons (Fsp3) is 0.333. The van der Waals surface area contributed by atoms with Crippen molar-refractivity contribution in [1.82, 2.24) is 10.3 Å². The Bertz CT molecular complexity index is 1410. The number of hydrogen-bond donors (Lipinski definition) is 13. The highest BCUT2D eigenvalue weighted by molar-refractivity contribution is 7.17. The van der Waals surface area contributed by atoms with Crippen molar-refractivity contribution in [3.63, 3.8) is 0 Å². The van der Waals surface area contributed by atoms with E-state index >= 15 is 0 Å². The van der Waals surface area contributed by atoms with Crippen molar-refractivity contribution in [2.24, 2.45) is 0 Å². The minimum Gasteiger partial charge on any atom is -0.504 e. The predicted octanol–water partition coefficient (Wildman–Crippen LogP) is -1.31. The van der Waals surface area contributed by atoms with Gasteiger partial charge < -0.3 is 66.9 Å². The zero-order chi connectivity index (χ0) is 31.1. The lowest BCUT2D eigenvalue weighted by Crippen LogP contribution is -2.62. The number of aliphatic hydroxyl groups is 6. The number of anilines is 2. The molecule has 0 aliphatic carbocycles. The maximum Gasteiger partial charge on any atom is 0.294 e. The van der Waals surface area contributed by atoms with Crippen LogP contribution in [0, 0.1) is 13.8 Å². The largest absolute Gasteiger partial charge is 0.504 e. The van der Waals surface area contributed by atoms with Gasteiger partial charge in [-0.3, -0.25) is 10.1 Å². The molecular weight excluding hydrogens is 568 g/mol. The predicted molar refractivity (Wildman–Crippen MR) is 141 cm³/mol. The molecule has 1 amide bonds.